The number of fused-ring (bicyclic) bond motifs is 2. The molecule has 0 amide bonds. The predicted molar refractivity (Wildman–Crippen MR) is 139 cm³/mol. The van der Waals surface area contributed by atoms with Crippen LogP contribution >= 0.6 is 0 Å². The molecule has 6 rings (SSSR count). The van der Waals surface area contributed by atoms with Crippen molar-refractivity contribution in [2.75, 3.05) is 12.0 Å². The Hall–Kier alpha value is -3.33. The van der Waals surface area contributed by atoms with Crippen molar-refractivity contribution in [2.24, 2.45) is 0 Å². The van der Waals surface area contributed by atoms with Crippen LogP contribution in [0.15, 0.2) is 36.7 Å². The third-order valence-corrected chi connectivity index (χ3v) is 8.15. The Morgan fingerprint density at radius 1 is 1.00 bits per heavy atom. The Bertz CT molecular complexity index is 1300. The lowest BCUT2D eigenvalue weighted by atomic mass is 9.69. The number of anilines is 1. The average Bonchev–Trinajstić information content (AvgIpc) is 3.68. The summed E-state index contributed by atoms with van der Waals surface area (Å²) in [5.74, 6) is 0.518. The van der Waals surface area contributed by atoms with E-state index >= 15 is 0 Å². The number of methoxy groups -OCH3 is 1. The lowest BCUT2D eigenvalue weighted by Crippen LogP contribution is -2.67. The van der Waals surface area contributed by atoms with Crippen molar-refractivity contribution in [1.29, 1.82) is 0 Å². The highest BCUT2D eigenvalue weighted by atomic mass is 19.1. The zero-order valence-electron chi connectivity index (χ0n) is 21.5. The molecule has 4 heterocycles. The number of halogens is 1. The topological polar surface area (TPSA) is 96.3 Å². The first-order valence-corrected chi connectivity index (χ1v) is 13.1. The number of hydrogen-bond donors (Lipinski definition) is 2. The molecule has 3 fully saturated rings. The van der Waals surface area contributed by atoms with Gasteiger partial charge in [-0.2, -0.15) is 0 Å². The molecule has 1 aliphatic carbocycles. The van der Waals surface area contributed by atoms with Gasteiger partial charge in [0.25, 0.3) is 0 Å². The smallest absolute Gasteiger partial charge is 0.250 e. The van der Waals surface area contributed by atoms with Crippen LogP contribution in [0.25, 0.3) is 22.5 Å². The largest absolute Gasteiger partial charge is 0.507 e. The molecule has 1 saturated carbocycles. The van der Waals surface area contributed by atoms with Gasteiger partial charge >= 0.3 is 0 Å². The molecule has 1 unspecified atom stereocenters. The zero-order valence-corrected chi connectivity index (χ0v) is 21.5. The summed E-state index contributed by atoms with van der Waals surface area (Å²) in [5, 5.41) is 23.7. The van der Waals surface area contributed by atoms with Crippen molar-refractivity contribution in [3.8, 4) is 34.1 Å². The van der Waals surface area contributed by atoms with Gasteiger partial charge in [-0.05, 0) is 82.6 Å². The molecule has 8 nitrogen and oxygen atoms in total. The number of aromatic hydroxyl groups is 1. The molecule has 2 aromatic heterocycles. The van der Waals surface area contributed by atoms with E-state index in [1.165, 1.54) is 51.5 Å². The predicted octanol–water partition coefficient (Wildman–Crippen LogP) is 4.88. The van der Waals surface area contributed by atoms with Gasteiger partial charge in [-0.3, -0.25) is 0 Å². The molecule has 1 aromatic carbocycles. The number of aromatic nitrogens is 4. The van der Waals surface area contributed by atoms with Crippen LogP contribution in [0, 0.1) is 5.82 Å². The van der Waals surface area contributed by atoms with Gasteiger partial charge < -0.3 is 20.1 Å². The van der Waals surface area contributed by atoms with Crippen molar-refractivity contribution in [3.63, 3.8) is 0 Å². The van der Waals surface area contributed by atoms with Crippen LogP contribution in [0.1, 0.15) is 58.8 Å². The lowest BCUT2D eigenvalue weighted by Gasteiger charge is -2.55. The van der Waals surface area contributed by atoms with Crippen molar-refractivity contribution in [3.05, 3.63) is 42.5 Å². The van der Waals surface area contributed by atoms with Gasteiger partial charge in [0.15, 0.2) is 17.5 Å². The van der Waals surface area contributed by atoms with Gasteiger partial charge in [0.05, 0.1) is 18.9 Å². The monoisotopic (exact) mass is 504 g/mol. The van der Waals surface area contributed by atoms with E-state index in [2.05, 4.69) is 44.2 Å². The summed E-state index contributed by atoms with van der Waals surface area (Å²) in [7, 11) is 1.37. The number of ether oxygens (including phenoxy) is 1. The van der Waals surface area contributed by atoms with E-state index in [0.717, 1.165) is 18.7 Å². The highest BCUT2D eigenvalue weighted by Gasteiger charge is 2.49. The quantitative estimate of drug-likeness (QED) is 0.491. The standard InChI is InChI=1S/C28H33FN6O2/c1-27-9-4-10-28(2,34-27)14-20(13-27)35(19-6-7-19)24-16-30-25(33-32-24)21-8-5-17(12-23(21)36)18-11-22(29)26(37-3)31-15-18/h5,8,11-12,15-16,19-20,34,36H,4,6-7,9-10,13-14H2,1-3H3/t20?,27-,28+. The first kappa shape index (κ1) is 24.0. The lowest BCUT2D eigenvalue weighted by molar-refractivity contribution is 0.0766. The maximum Gasteiger partial charge on any atom is 0.250 e. The van der Waals surface area contributed by atoms with Crippen LogP contribution in [-0.2, 0) is 0 Å². The van der Waals surface area contributed by atoms with Crippen molar-refractivity contribution >= 4 is 5.82 Å². The van der Waals surface area contributed by atoms with Gasteiger partial charge in [-0.25, -0.2) is 14.4 Å². The highest BCUT2D eigenvalue weighted by Crippen LogP contribution is 2.45. The van der Waals surface area contributed by atoms with Gasteiger partial charge in [-0.1, -0.05) is 6.07 Å². The first-order valence-electron chi connectivity index (χ1n) is 13.1. The molecule has 2 saturated heterocycles. The second kappa shape index (κ2) is 8.90. The van der Waals surface area contributed by atoms with E-state index in [-0.39, 0.29) is 22.7 Å². The molecular formula is C28H33FN6O2. The maximum atomic E-state index is 14.1. The summed E-state index contributed by atoms with van der Waals surface area (Å²) >= 11 is 0. The second-order valence-corrected chi connectivity index (χ2v) is 11.4. The number of nitrogens with zero attached hydrogens (tertiary/aromatic N) is 5. The maximum absolute atomic E-state index is 14.1. The summed E-state index contributed by atoms with van der Waals surface area (Å²) < 4.78 is 19.0. The molecule has 3 aliphatic rings. The van der Waals surface area contributed by atoms with E-state index in [9.17, 15) is 9.50 Å². The Balaban J connectivity index is 1.25. The molecule has 2 aliphatic heterocycles. The highest BCUT2D eigenvalue weighted by molar-refractivity contribution is 5.72. The van der Waals surface area contributed by atoms with E-state index in [4.69, 9.17) is 4.74 Å². The van der Waals surface area contributed by atoms with Crippen molar-refractivity contribution in [2.45, 2.75) is 82.0 Å². The number of benzene rings is 1. The molecule has 37 heavy (non-hydrogen) atoms. The third-order valence-electron chi connectivity index (χ3n) is 8.15. The van der Waals surface area contributed by atoms with E-state index < -0.39 is 5.82 Å². The molecule has 194 valence electrons. The summed E-state index contributed by atoms with van der Waals surface area (Å²) in [5.41, 5.74) is 1.93. The summed E-state index contributed by atoms with van der Waals surface area (Å²) in [6.07, 6.45) is 11.5. The minimum absolute atomic E-state index is 0.00523. The van der Waals surface area contributed by atoms with Gasteiger partial charge in [0.1, 0.15) is 5.75 Å². The summed E-state index contributed by atoms with van der Waals surface area (Å²) in [4.78, 5) is 11.0. The molecular weight excluding hydrogens is 471 g/mol. The normalized spacial score (nSPS) is 27.1. The fraction of sp³-hybridized carbons (Fsp3) is 0.500. The SMILES string of the molecule is COc1ncc(-c2ccc(-c3ncc(N(C4CC4)C4C[C@]5(C)CCC[C@](C)(C4)N5)nn3)c(O)c2)cc1F. The minimum Gasteiger partial charge on any atom is -0.507 e. The summed E-state index contributed by atoms with van der Waals surface area (Å²) in [6, 6.07) is 7.27. The van der Waals surface area contributed by atoms with Crippen LogP contribution in [0.4, 0.5) is 10.2 Å². The molecule has 3 aromatic rings. The van der Waals surface area contributed by atoms with Crippen LogP contribution in [-0.4, -0.2) is 55.5 Å². The fourth-order valence-corrected chi connectivity index (χ4v) is 6.51. The second-order valence-electron chi connectivity index (χ2n) is 11.4. The molecule has 2 N–H and O–H groups in total. The van der Waals surface area contributed by atoms with E-state index in [0.29, 0.717) is 34.6 Å². The van der Waals surface area contributed by atoms with E-state index in [1.807, 2.05) is 0 Å². The molecule has 0 radical (unpaired) electrons. The minimum atomic E-state index is -0.563. The average molecular weight is 505 g/mol. The molecule has 9 heteroatoms. The first-order chi connectivity index (χ1) is 17.8. The summed E-state index contributed by atoms with van der Waals surface area (Å²) in [6.45, 7) is 4.72. The van der Waals surface area contributed by atoms with Crippen LogP contribution in [0.5, 0.6) is 11.6 Å². The van der Waals surface area contributed by atoms with Crippen LogP contribution in [0.3, 0.4) is 0 Å². The van der Waals surface area contributed by atoms with Crippen molar-refractivity contribution in [1.82, 2.24) is 25.5 Å². The third kappa shape index (κ3) is 4.61. The van der Waals surface area contributed by atoms with Crippen LogP contribution in [0.2, 0.25) is 0 Å². The van der Waals surface area contributed by atoms with Crippen molar-refractivity contribution < 1.29 is 14.2 Å². The van der Waals surface area contributed by atoms with Crippen LogP contribution < -0.4 is 15.0 Å². The van der Waals surface area contributed by atoms with Gasteiger partial charge in [0, 0.05) is 34.9 Å². The number of phenolic OH excluding ortho intramolecular Hbond substituents is 1. The number of hydrogen-bond acceptors (Lipinski definition) is 8. The van der Waals surface area contributed by atoms with Gasteiger partial charge in [0.2, 0.25) is 5.88 Å². The number of phenols is 1. The molecule has 3 atom stereocenters. The Kier molecular flexibility index (Phi) is 5.78. The fourth-order valence-electron chi connectivity index (χ4n) is 6.51. The Morgan fingerprint density at radius 3 is 2.35 bits per heavy atom. The zero-order chi connectivity index (χ0) is 25.8. The Labute approximate surface area is 216 Å². The van der Waals surface area contributed by atoms with Gasteiger partial charge in [-0.15, -0.1) is 10.2 Å². The number of pyridine rings is 1. The number of rotatable bonds is 6. The Morgan fingerprint density at radius 2 is 1.76 bits per heavy atom. The number of nitrogens with one attached hydrogen (secondary N) is 1. The molecule has 0 spiro atoms. The number of piperidine rings is 2. The molecule has 2 bridgehead atoms. The van der Waals surface area contributed by atoms with E-state index in [1.54, 1.807) is 24.4 Å².